The molecule has 1 N–H and O–H groups in total. The molecule has 0 radical (unpaired) electrons. The SMILES string of the molecule is COc1cccc([C@H](CC(=O)N2CCCC2)c2c[nH]c3ccccc23)c1. The summed E-state index contributed by atoms with van der Waals surface area (Å²) in [6, 6.07) is 16.3. The van der Waals surface area contributed by atoms with Crippen molar-refractivity contribution in [3.8, 4) is 5.75 Å². The van der Waals surface area contributed by atoms with E-state index in [9.17, 15) is 4.79 Å². The number of fused-ring (bicyclic) bond motifs is 1. The maximum atomic E-state index is 12.9. The van der Waals surface area contributed by atoms with Crippen molar-refractivity contribution >= 4 is 16.8 Å². The number of nitrogens with one attached hydrogen (secondary N) is 1. The number of H-pyrrole nitrogens is 1. The molecular formula is C22H24N2O2. The molecule has 2 heterocycles. The van der Waals surface area contributed by atoms with Crippen LogP contribution < -0.4 is 4.74 Å². The Hall–Kier alpha value is -2.75. The van der Waals surface area contributed by atoms with Crippen molar-refractivity contribution in [1.82, 2.24) is 9.88 Å². The Morgan fingerprint density at radius 2 is 1.96 bits per heavy atom. The fourth-order valence-electron chi connectivity index (χ4n) is 3.92. The maximum absolute atomic E-state index is 12.9. The quantitative estimate of drug-likeness (QED) is 0.746. The van der Waals surface area contributed by atoms with E-state index >= 15 is 0 Å². The monoisotopic (exact) mass is 348 g/mol. The van der Waals surface area contributed by atoms with Crippen molar-refractivity contribution in [2.24, 2.45) is 0 Å². The Balaban J connectivity index is 1.74. The number of carbonyl (C=O) groups is 1. The fraction of sp³-hybridized carbons (Fsp3) is 0.318. The van der Waals surface area contributed by atoms with Gasteiger partial charge in [-0.3, -0.25) is 4.79 Å². The van der Waals surface area contributed by atoms with Gasteiger partial charge in [-0.15, -0.1) is 0 Å². The van der Waals surface area contributed by atoms with Crippen LogP contribution in [0.5, 0.6) is 5.75 Å². The standard InChI is InChI=1S/C22H24N2O2/c1-26-17-8-6-7-16(13-17)19(14-22(25)24-11-4-5-12-24)20-15-23-21-10-3-2-9-18(20)21/h2-3,6-10,13,15,19,23H,4-5,11-12,14H2,1H3/t19-/m0/s1. The first-order chi connectivity index (χ1) is 12.8. The molecule has 0 spiro atoms. The molecule has 1 amide bonds. The number of aromatic nitrogens is 1. The van der Waals surface area contributed by atoms with Gasteiger partial charge in [0.15, 0.2) is 0 Å². The van der Waals surface area contributed by atoms with Gasteiger partial charge in [0, 0.05) is 42.5 Å². The molecule has 4 rings (SSSR count). The predicted molar refractivity (Wildman–Crippen MR) is 104 cm³/mol. The lowest BCUT2D eigenvalue weighted by atomic mass is 9.87. The number of methoxy groups -OCH3 is 1. The van der Waals surface area contributed by atoms with Gasteiger partial charge in [-0.25, -0.2) is 0 Å². The highest BCUT2D eigenvalue weighted by Crippen LogP contribution is 2.35. The highest BCUT2D eigenvalue weighted by molar-refractivity contribution is 5.86. The van der Waals surface area contributed by atoms with E-state index < -0.39 is 0 Å². The Morgan fingerprint density at radius 3 is 2.77 bits per heavy atom. The lowest BCUT2D eigenvalue weighted by molar-refractivity contribution is -0.130. The molecule has 1 aliphatic heterocycles. The van der Waals surface area contributed by atoms with Gasteiger partial charge in [-0.05, 0) is 42.2 Å². The van der Waals surface area contributed by atoms with Crippen molar-refractivity contribution in [3.63, 3.8) is 0 Å². The van der Waals surface area contributed by atoms with Crippen molar-refractivity contribution < 1.29 is 9.53 Å². The zero-order valence-electron chi connectivity index (χ0n) is 15.1. The molecule has 0 bridgehead atoms. The number of likely N-dealkylation sites (tertiary alicyclic amines) is 1. The van der Waals surface area contributed by atoms with Crippen molar-refractivity contribution in [3.05, 3.63) is 65.9 Å². The number of rotatable bonds is 5. The number of benzene rings is 2. The minimum absolute atomic E-state index is 0.00866. The molecule has 4 nitrogen and oxygen atoms in total. The topological polar surface area (TPSA) is 45.3 Å². The highest BCUT2D eigenvalue weighted by atomic mass is 16.5. The van der Waals surface area contributed by atoms with Crippen LogP contribution in [0.25, 0.3) is 10.9 Å². The Morgan fingerprint density at radius 1 is 1.15 bits per heavy atom. The van der Waals surface area contributed by atoms with Crippen molar-refractivity contribution in [2.45, 2.75) is 25.2 Å². The smallest absolute Gasteiger partial charge is 0.223 e. The Kier molecular flexibility index (Phi) is 4.65. The summed E-state index contributed by atoms with van der Waals surface area (Å²) in [7, 11) is 1.68. The van der Waals surface area contributed by atoms with E-state index in [1.807, 2.05) is 41.4 Å². The number of ether oxygens (including phenoxy) is 1. The Bertz CT molecular complexity index is 909. The van der Waals surface area contributed by atoms with E-state index in [0.717, 1.165) is 42.8 Å². The third-order valence-corrected chi connectivity index (χ3v) is 5.33. The zero-order valence-corrected chi connectivity index (χ0v) is 15.1. The van der Waals surface area contributed by atoms with Crippen LogP contribution in [0.2, 0.25) is 0 Å². The second-order valence-electron chi connectivity index (χ2n) is 6.91. The minimum Gasteiger partial charge on any atom is -0.497 e. The van der Waals surface area contributed by atoms with Gasteiger partial charge in [0.25, 0.3) is 0 Å². The van der Waals surface area contributed by atoms with Crippen molar-refractivity contribution in [1.29, 1.82) is 0 Å². The average Bonchev–Trinajstić information content (AvgIpc) is 3.36. The first-order valence-corrected chi connectivity index (χ1v) is 9.24. The van der Waals surface area contributed by atoms with E-state index in [0.29, 0.717) is 6.42 Å². The molecule has 3 aromatic rings. The number of amides is 1. The third-order valence-electron chi connectivity index (χ3n) is 5.33. The minimum atomic E-state index is 0.00866. The third kappa shape index (κ3) is 3.19. The fourth-order valence-corrected chi connectivity index (χ4v) is 3.92. The summed E-state index contributed by atoms with van der Waals surface area (Å²) >= 11 is 0. The molecule has 2 aromatic carbocycles. The average molecular weight is 348 g/mol. The van der Waals surface area contributed by atoms with Gasteiger partial charge in [-0.2, -0.15) is 0 Å². The summed E-state index contributed by atoms with van der Waals surface area (Å²) in [5.74, 6) is 1.07. The van der Waals surface area contributed by atoms with Crippen LogP contribution in [0.3, 0.4) is 0 Å². The van der Waals surface area contributed by atoms with Gasteiger partial charge < -0.3 is 14.6 Å². The molecule has 1 fully saturated rings. The largest absolute Gasteiger partial charge is 0.497 e. The number of hydrogen-bond donors (Lipinski definition) is 1. The van der Waals surface area contributed by atoms with E-state index in [-0.39, 0.29) is 11.8 Å². The molecule has 26 heavy (non-hydrogen) atoms. The number of nitrogens with zero attached hydrogens (tertiary/aromatic N) is 1. The predicted octanol–water partition coefficient (Wildman–Crippen LogP) is 4.32. The molecule has 134 valence electrons. The molecule has 1 atom stereocenters. The molecule has 0 aliphatic carbocycles. The van der Waals surface area contributed by atoms with Crippen LogP contribution in [0.15, 0.2) is 54.7 Å². The molecule has 1 aliphatic rings. The normalized spacial score (nSPS) is 15.3. The van der Waals surface area contributed by atoms with E-state index in [2.05, 4.69) is 23.2 Å². The van der Waals surface area contributed by atoms with Crippen LogP contribution in [-0.4, -0.2) is 36.0 Å². The molecular weight excluding hydrogens is 324 g/mol. The summed E-state index contributed by atoms with van der Waals surface area (Å²) in [5.41, 5.74) is 3.38. The number of para-hydroxylation sites is 1. The first kappa shape index (κ1) is 16.7. The van der Waals surface area contributed by atoms with Gasteiger partial charge in [0.2, 0.25) is 5.91 Å². The number of aromatic amines is 1. The second kappa shape index (κ2) is 7.24. The molecule has 1 aromatic heterocycles. The van der Waals surface area contributed by atoms with E-state index in [1.165, 1.54) is 10.9 Å². The molecule has 1 saturated heterocycles. The number of carbonyl (C=O) groups excluding carboxylic acids is 1. The molecule has 0 unspecified atom stereocenters. The highest BCUT2D eigenvalue weighted by Gasteiger charge is 2.26. The molecule has 0 saturated carbocycles. The summed E-state index contributed by atoms with van der Waals surface area (Å²) < 4.78 is 5.41. The van der Waals surface area contributed by atoms with Gasteiger partial charge in [-0.1, -0.05) is 30.3 Å². The van der Waals surface area contributed by atoms with Crippen LogP contribution in [0.4, 0.5) is 0 Å². The summed E-state index contributed by atoms with van der Waals surface area (Å²) in [6.07, 6.45) is 4.76. The summed E-state index contributed by atoms with van der Waals surface area (Å²) in [6.45, 7) is 1.77. The van der Waals surface area contributed by atoms with Crippen LogP contribution >= 0.6 is 0 Å². The lowest BCUT2D eigenvalue weighted by Crippen LogP contribution is -2.29. The number of hydrogen-bond acceptors (Lipinski definition) is 2. The summed E-state index contributed by atoms with van der Waals surface area (Å²) in [5, 5.41) is 1.18. The van der Waals surface area contributed by atoms with Crippen LogP contribution in [-0.2, 0) is 4.79 Å². The van der Waals surface area contributed by atoms with Gasteiger partial charge in [0.05, 0.1) is 7.11 Å². The van der Waals surface area contributed by atoms with Crippen LogP contribution in [0, 0.1) is 0 Å². The zero-order chi connectivity index (χ0) is 17.9. The van der Waals surface area contributed by atoms with Gasteiger partial charge in [0.1, 0.15) is 5.75 Å². The summed E-state index contributed by atoms with van der Waals surface area (Å²) in [4.78, 5) is 18.3. The van der Waals surface area contributed by atoms with Crippen molar-refractivity contribution in [2.75, 3.05) is 20.2 Å². The molecule has 4 heteroatoms. The Labute approximate surface area is 153 Å². The van der Waals surface area contributed by atoms with E-state index in [4.69, 9.17) is 4.74 Å². The lowest BCUT2D eigenvalue weighted by Gasteiger charge is -2.22. The second-order valence-corrected chi connectivity index (χ2v) is 6.91. The van der Waals surface area contributed by atoms with E-state index in [1.54, 1.807) is 7.11 Å². The van der Waals surface area contributed by atoms with Gasteiger partial charge >= 0.3 is 0 Å². The first-order valence-electron chi connectivity index (χ1n) is 9.24. The maximum Gasteiger partial charge on any atom is 0.223 e. The van der Waals surface area contributed by atoms with Crippen LogP contribution in [0.1, 0.15) is 36.3 Å².